The number of fused-ring (bicyclic) bond motifs is 3. The SMILES string of the molecule is CCC(NNC(=S)N=C1SCC2=CC(C)c3ccc(F)cc3N21)c1ccc(-c2ncn(-c3ccc(OC(F)(F)F)cc3)n2)cc1. The van der Waals surface area contributed by atoms with Gasteiger partial charge in [0.1, 0.15) is 17.9 Å². The zero-order chi connectivity index (χ0) is 31.7. The zero-order valence-electron chi connectivity index (χ0n) is 24.0. The number of amidine groups is 1. The Balaban J connectivity index is 1.09. The topological polar surface area (TPSA) is 79.6 Å². The molecule has 232 valence electrons. The van der Waals surface area contributed by atoms with Crippen LogP contribution in [0.15, 0.2) is 89.8 Å². The molecule has 2 unspecified atom stereocenters. The minimum atomic E-state index is -4.75. The quantitative estimate of drug-likeness (QED) is 0.121. The van der Waals surface area contributed by atoms with E-state index in [0.717, 1.165) is 40.2 Å². The Morgan fingerprint density at radius 3 is 2.60 bits per heavy atom. The number of hydrazine groups is 1. The molecule has 2 N–H and O–H groups in total. The molecule has 0 bridgehead atoms. The lowest BCUT2D eigenvalue weighted by atomic mass is 9.94. The summed E-state index contributed by atoms with van der Waals surface area (Å²) in [6.07, 6.45) is -0.330. The molecule has 8 nitrogen and oxygen atoms in total. The first-order chi connectivity index (χ1) is 21.6. The Morgan fingerprint density at radius 1 is 1.13 bits per heavy atom. The van der Waals surface area contributed by atoms with Crippen molar-refractivity contribution in [1.82, 2.24) is 25.6 Å². The van der Waals surface area contributed by atoms with Gasteiger partial charge in [0.2, 0.25) is 5.11 Å². The van der Waals surface area contributed by atoms with Crippen LogP contribution in [0.5, 0.6) is 5.75 Å². The first-order valence-corrected chi connectivity index (χ1v) is 15.4. The van der Waals surface area contributed by atoms with Crippen LogP contribution in [0, 0.1) is 5.82 Å². The first kappa shape index (κ1) is 30.7. The van der Waals surface area contributed by atoms with E-state index in [0.29, 0.717) is 16.7 Å². The third kappa shape index (κ3) is 6.87. The summed E-state index contributed by atoms with van der Waals surface area (Å²) in [6, 6.07) is 17.8. The molecule has 6 rings (SSSR count). The monoisotopic (exact) mass is 653 g/mol. The molecule has 2 atom stereocenters. The molecule has 3 heterocycles. The van der Waals surface area contributed by atoms with Crippen molar-refractivity contribution in [2.45, 2.75) is 38.6 Å². The van der Waals surface area contributed by atoms with Gasteiger partial charge in [-0.25, -0.2) is 19.5 Å². The molecule has 0 radical (unpaired) electrons. The largest absolute Gasteiger partial charge is 0.573 e. The van der Waals surface area contributed by atoms with E-state index in [9.17, 15) is 17.6 Å². The van der Waals surface area contributed by atoms with E-state index in [1.807, 2.05) is 42.2 Å². The molecule has 45 heavy (non-hydrogen) atoms. The summed E-state index contributed by atoms with van der Waals surface area (Å²) in [5.74, 6) is 0.769. The number of aromatic nitrogens is 3. The minimum Gasteiger partial charge on any atom is -0.406 e. The number of nitrogens with one attached hydrogen (secondary N) is 2. The number of hydrogen-bond donors (Lipinski definition) is 2. The fourth-order valence-electron chi connectivity index (χ4n) is 5.20. The van der Waals surface area contributed by atoms with Crippen LogP contribution < -0.4 is 20.5 Å². The predicted octanol–water partition coefficient (Wildman–Crippen LogP) is 7.41. The molecule has 3 aromatic carbocycles. The van der Waals surface area contributed by atoms with E-state index < -0.39 is 6.36 Å². The molecule has 1 saturated heterocycles. The number of thioether (sulfide) groups is 1. The van der Waals surface area contributed by atoms with Crippen molar-refractivity contribution in [3.05, 3.63) is 102 Å². The average molecular weight is 654 g/mol. The summed E-state index contributed by atoms with van der Waals surface area (Å²) in [6.45, 7) is 4.14. The number of aliphatic imine (C=N–C) groups is 1. The Labute approximate surface area is 266 Å². The summed E-state index contributed by atoms with van der Waals surface area (Å²) >= 11 is 7.09. The van der Waals surface area contributed by atoms with Crippen LogP contribution >= 0.6 is 24.0 Å². The van der Waals surface area contributed by atoms with E-state index in [1.165, 1.54) is 41.3 Å². The third-order valence-electron chi connectivity index (χ3n) is 7.35. The van der Waals surface area contributed by atoms with E-state index in [2.05, 4.69) is 43.7 Å². The number of nitrogens with zero attached hydrogens (tertiary/aromatic N) is 5. The van der Waals surface area contributed by atoms with Gasteiger partial charge in [-0.05, 0) is 66.2 Å². The Kier molecular flexibility index (Phi) is 8.62. The summed E-state index contributed by atoms with van der Waals surface area (Å²) in [5.41, 5.74) is 11.5. The molecular weight excluding hydrogens is 627 g/mol. The zero-order valence-corrected chi connectivity index (χ0v) is 25.7. The molecule has 2 aliphatic heterocycles. The van der Waals surface area contributed by atoms with Gasteiger partial charge in [-0.1, -0.05) is 62.0 Å². The van der Waals surface area contributed by atoms with Crippen molar-refractivity contribution in [1.29, 1.82) is 0 Å². The Morgan fingerprint density at radius 2 is 1.89 bits per heavy atom. The lowest BCUT2D eigenvalue weighted by molar-refractivity contribution is -0.274. The average Bonchev–Trinajstić information content (AvgIpc) is 3.65. The highest BCUT2D eigenvalue weighted by Gasteiger charge is 2.33. The molecule has 14 heteroatoms. The maximum atomic E-state index is 14.1. The lowest BCUT2D eigenvalue weighted by Crippen LogP contribution is -2.39. The van der Waals surface area contributed by atoms with Crippen molar-refractivity contribution in [3.63, 3.8) is 0 Å². The number of alkyl halides is 3. The number of halogens is 4. The van der Waals surface area contributed by atoms with Crippen LogP contribution in [0.1, 0.15) is 43.4 Å². The van der Waals surface area contributed by atoms with E-state index in [4.69, 9.17) is 12.2 Å². The molecule has 1 aromatic heterocycles. The van der Waals surface area contributed by atoms with Gasteiger partial charge in [-0.15, -0.1) is 18.3 Å². The normalized spacial score (nSPS) is 17.5. The van der Waals surface area contributed by atoms with E-state index >= 15 is 0 Å². The minimum absolute atomic E-state index is 0.0857. The number of benzene rings is 3. The maximum absolute atomic E-state index is 14.1. The van der Waals surface area contributed by atoms with Gasteiger partial charge in [0.05, 0.1) is 17.4 Å². The first-order valence-electron chi connectivity index (χ1n) is 14.0. The van der Waals surface area contributed by atoms with Crippen molar-refractivity contribution < 1.29 is 22.3 Å². The molecule has 0 spiro atoms. The third-order valence-corrected chi connectivity index (χ3v) is 8.52. The maximum Gasteiger partial charge on any atom is 0.573 e. The highest BCUT2D eigenvalue weighted by atomic mass is 32.2. The van der Waals surface area contributed by atoms with Crippen molar-refractivity contribution in [2.24, 2.45) is 4.99 Å². The van der Waals surface area contributed by atoms with Crippen molar-refractivity contribution in [3.8, 4) is 22.8 Å². The number of rotatable bonds is 7. The summed E-state index contributed by atoms with van der Waals surface area (Å²) in [5, 5.41) is 5.41. The fourth-order valence-corrected chi connectivity index (χ4v) is 6.40. The molecule has 0 amide bonds. The van der Waals surface area contributed by atoms with Crippen LogP contribution in [0.3, 0.4) is 0 Å². The van der Waals surface area contributed by atoms with Gasteiger partial charge >= 0.3 is 6.36 Å². The van der Waals surface area contributed by atoms with Gasteiger partial charge < -0.3 is 4.74 Å². The Bertz CT molecular complexity index is 1770. The highest BCUT2D eigenvalue weighted by Crippen LogP contribution is 2.43. The lowest BCUT2D eigenvalue weighted by Gasteiger charge is -2.29. The highest BCUT2D eigenvalue weighted by molar-refractivity contribution is 8.14. The molecule has 4 aromatic rings. The van der Waals surface area contributed by atoms with Gasteiger partial charge in [-0.3, -0.25) is 10.3 Å². The van der Waals surface area contributed by atoms with E-state index in [1.54, 1.807) is 17.8 Å². The molecule has 2 aliphatic rings. The standard InChI is InChI=1S/C31H27F4N7OS2/c1-3-26(38-39-29(44)37-30-42-23(16-45-30)14-18(2)25-13-8-21(32)15-27(25)42)19-4-6-20(7-5-19)28-36-17-41(40-28)22-9-11-24(12-10-22)43-31(33,34)35/h4-15,17-18,26,38H,3,16H2,1-2H3,(H,39,44). The Hall–Kier alpha value is -4.27. The second-order valence-corrected chi connectivity index (χ2v) is 11.7. The fraction of sp³-hybridized carbons (Fsp3) is 0.226. The molecule has 0 aliphatic carbocycles. The van der Waals surface area contributed by atoms with Gasteiger partial charge in [0.25, 0.3) is 0 Å². The number of hydrogen-bond acceptors (Lipinski definition) is 6. The second kappa shape index (κ2) is 12.6. The molecular formula is C31H27F4N7OS2. The van der Waals surface area contributed by atoms with Crippen LogP contribution in [0.4, 0.5) is 23.2 Å². The summed E-state index contributed by atoms with van der Waals surface area (Å²) in [4.78, 5) is 11.0. The second-order valence-electron chi connectivity index (χ2n) is 10.4. The van der Waals surface area contributed by atoms with Gasteiger partial charge in [0.15, 0.2) is 11.0 Å². The van der Waals surface area contributed by atoms with Gasteiger partial charge in [-0.2, -0.15) is 4.99 Å². The van der Waals surface area contributed by atoms with Crippen LogP contribution in [-0.4, -0.2) is 37.2 Å². The number of allylic oxidation sites excluding steroid dienone is 1. The number of ether oxygens (including phenoxy) is 1. The van der Waals surface area contributed by atoms with E-state index in [-0.39, 0.29) is 28.6 Å². The summed E-state index contributed by atoms with van der Waals surface area (Å²) in [7, 11) is 0. The van der Waals surface area contributed by atoms with Crippen LogP contribution in [0.25, 0.3) is 17.1 Å². The van der Waals surface area contributed by atoms with Gasteiger partial charge in [0, 0.05) is 22.9 Å². The summed E-state index contributed by atoms with van der Waals surface area (Å²) < 4.78 is 56.9. The number of anilines is 1. The van der Waals surface area contributed by atoms with Crippen LogP contribution in [0.2, 0.25) is 0 Å². The molecule has 0 saturated carbocycles. The van der Waals surface area contributed by atoms with Crippen LogP contribution in [-0.2, 0) is 0 Å². The number of thiocarbonyl (C=S) groups is 1. The molecule has 1 fully saturated rings. The smallest absolute Gasteiger partial charge is 0.406 e. The predicted molar refractivity (Wildman–Crippen MR) is 171 cm³/mol. The van der Waals surface area contributed by atoms with Crippen molar-refractivity contribution in [2.75, 3.05) is 10.7 Å². The van der Waals surface area contributed by atoms with Crippen molar-refractivity contribution >= 4 is 39.9 Å².